The first-order valence-corrected chi connectivity index (χ1v) is 8.97. The van der Waals surface area contributed by atoms with Crippen LogP contribution in [0, 0.1) is 0 Å². The maximum absolute atomic E-state index is 11.5. The predicted octanol–water partition coefficient (Wildman–Crippen LogP) is 1.52. The lowest BCUT2D eigenvalue weighted by molar-refractivity contribution is -0.129. The van der Waals surface area contributed by atoms with Gasteiger partial charge in [0, 0.05) is 43.8 Å². The van der Waals surface area contributed by atoms with Gasteiger partial charge in [-0.3, -0.25) is 4.79 Å². The van der Waals surface area contributed by atoms with Crippen LogP contribution in [-0.2, 0) is 14.6 Å². The van der Waals surface area contributed by atoms with Crippen molar-refractivity contribution in [2.45, 2.75) is 11.8 Å². The molecule has 0 bridgehead atoms. The van der Waals surface area contributed by atoms with Gasteiger partial charge in [-0.25, -0.2) is 8.42 Å². The molecule has 20 heavy (non-hydrogen) atoms. The Hall–Kier alpha value is -1.08. The van der Waals surface area contributed by atoms with Crippen LogP contribution in [0.25, 0.3) is 0 Å². The molecule has 0 aromatic heterocycles. The summed E-state index contributed by atoms with van der Waals surface area (Å²) in [6.07, 6.45) is 1.19. The normalized spacial score (nSPS) is 16.4. The maximum atomic E-state index is 11.5. The second-order valence-electron chi connectivity index (χ2n) is 4.88. The first-order chi connectivity index (χ1) is 9.29. The van der Waals surface area contributed by atoms with Crippen molar-refractivity contribution >= 4 is 37.4 Å². The molecule has 1 aromatic rings. The largest absolute Gasteiger partial charge is 0.367 e. The van der Waals surface area contributed by atoms with Crippen LogP contribution in [0.3, 0.4) is 0 Å². The van der Waals surface area contributed by atoms with Gasteiger partial charge in [0.25, 0.3) is 0 Å². The van der Waals surface area contributed by atoms with Crippen molar-refractivity contribution < 1.29 is 13.2 Å². The number of sulfone groups is 1. The van der Waals surface area contributed by atoms with E-state index < -0.39 is 9.84 Å². The lowest BCUT2D eigenvalue weighted by Gasteiger charge is -2.36. The third-order valence-electron chi connectivity index (χ3n) is 3.41. The first kappa shape index (κ1) is 15.3. The molecule has 0 N–H and O–H groups in total. The van der Waals surface area contributed by atoms with Crippen LogP contribution in [0.2, 0.25) is 0 Å². The van der Waals surface area contributed by atoms with E-state index >= 15 is 0 Å². The molecule has 1 amide bonds. The fraction of sp³-hybridized carbons (Fsp3) is 0.462. The van der Waals surface area contributed by atoms with Gasteiger partial charge < -0.3 is 9.80 Å². The van der Waals surface area contributed by atoms with E-state index in [1.165, 1.54) is 6.26 Å². The topological polar surface area (TPSA) is 57.7 Å². The Morgan fingerprint density at radius 2 is 1.80 bits per heavy atom. The Morgan fingerprint density at radius 1 is 1.20 bits per heavy atom. The summed E-state index contributed by atoms with van der Waals surface area (Å²) in [5.41, 5.74) is 0.959. The zero-order valence-corrected chi connectivity index (χ0v) is 13.9. The fourth-order valence-corrected chi connectivity index (χ4v) is 3.67. The number of benzene rings is 1. The molecular weight excluding hydrogens is 344 g/mol. The molecular formula is C13H17BrN2O3S. The third kappa shape index (κ3) is 3.32. The second kappa shape index (κ2) is 5.73. The van der Waals surface area contributed by atoms with Crippen molar-refractivity contribution in [2.24, 2.45) is 0 Å². The Labute approximate surface area is 127 Å². The highest BCUT2D eigenvalue weighted by molar-refractivity contribution is 9.10. The van der Waals surface area contributed by atoms with Crippen LogP contribution in [0.5, 0.6) is 0 Å². The van der Waals surface area contributed by atoms with Gasteiger partial charge in [0.05, 0.1) is 10.6 Å². The summed E-state index contributed by atoms with van der Waals surface area (Å²) in [5, 5.41) is 0. The Bertz CT molecular complexity index is 623. The highest BCUT2D eigenvalue weighted by Gasteiger charge is 2.21. The van der Waals surface area contributed by atoms with E-state index in [9.17, 15) is 13.2 Å². The van der Waals surface area contributed by atoms with Crippen LogP contribution in [0.15, 0.2) is 27.6 Å². The molecule has 1 fully saturated rings. The molecule has 1 saturated heterocycles. The van der Waals surface area contributed by atoms with Gasteiger partial charge >= 0.3 is 0 Å². The number of hydrogen-bond acceptors (Lipinski definition) is 4. The Kier molecular flexibility index (Phi) is 4.39. The van der Waals surface area contributed by atoms with E-state index in [0.29, 0.717) is 18.0 Å². The maximum Gasteiger partial charge on any atom is 0.219 e. The number of carbonyl (C=O) groups is 1. The van der Waals surface area contributed by atoms with Crippen molar-refractivity contribution in [2.75, 3.05) is 37.3 Å². The number of anilines is 1. The molecule has 2 rings (SSSR count). The third-order valence-corrected chi connectivity index (χ3v) is 5.16. The van der Waals surface area contributed by atoms with Gasteiger partial charge in [-0.15, -0.1) is 0 Å². The zero-order valence-electron chi connectivity index (χ0n) is 11.5. The number of halogens is 1. The van der Waals surface area contributed by atoms with E-state index in [0.717, 1.165) is 23.2 Å². The van der Waals surface area contributed by atoms with Gasteiger partial charge in [-0.1, -0.05) is 0 Å². The van der Waals surface area contributed by atoms with Crippen LogP contribution in [0.4, 0.5) is 5.69 Å². The van der Waals surface area contributed by atoms with Crippen molar-refractivity contribution in [1.82, 2.24) is 4.90 Å². The van der Waals surface area contributed by atoms with E-state index in [1.54, 1.807) is 19.1 Å². The molecule has 5 nitrogen and oxygen atoms in total. The molecule has 1 aromatic carbocycles. The lowest BCUT2D eigenvalue weighted by Crippen LogP contribution is -2.48. The fourth-order valence-electron chi connectivity index (χ4n) is 2.24. The molecule has 110 valence electrons. The second-order valence-corrected chi connectivity index (χ2v) is 7.75. The number of rotatable bonds is 2. The molecule has 0 saturated carbocycles. The number of amides is 1. The minimum atomic E-state index is -3.19. The van der Waals surface area contributed by atoms with Gasteiger partial charge in [-0.2, -0.15) is 0 Å². The van der Waals surface area contributed by atoms with E-state index in [1.807, 2.05) is 11.0 Å². The minimum Gasteiger partial charge on any atom is -0.367 e. The van der Waals surface area contributed by atoms with Crippen LogP contribution in [-0.4, -0.2) is 51.7 Å². The predicted molar refractivity (Wildman–Crippen MR) is 81.7 cm³/mol. The average Bonchev–Trinajstić information content (AvgIpc) is 2.37. The highest BCUT2D eigenvalue weighted by atomic mass is 79.9. The summed E-state index contributed by atoms with van der Waals surface area (Å²) >= 11 is 3.43. The van der Waals surface area contributed by atoms with Gasteiger partial charge in [-0.05, 0) is 34.1 Å². The Balaban J connectivity index is 2.17. The van der Waals surface area contributed by atoms with Crippen LogP contribution in [0.1, 0.15) is 6.92 Å². The van der Waals surface area contributed by atoms with Gasteiger partial charge in [0.15, 0.2) is 9.84 Å². The summed E-state index contributed by atoms with van der Waals surface area (Å²) in [7, 11) is -3.19. The summed E-state index contributed by atoms with van der Waals surface area (Å²) < 4.78 is 23.8. The summed E-state index contributed by atoms with van der Waals surface area (Å²) in [6, 6.07) is 5.05. The molecule has 0 aliphatic carbocycles. The van der Waals surface area contributed by atoms with Crippen LogP contribution < -0.4 is 4.90 Å². The molecule has 0 atom stereocenters. The van der Waals surface area contributed by atoms with E-state index in [4.69, 9.17) is 0 Å². The van der Waals surface area contributed by atoms with E-state index in [2.05, 4.69) is 20.8 Å². The number of hydrogen-bond donors (Lipinski definition) is 0. The van der Waals surface area contributed by atoms with Crippen LogP contribution >= 0.6 is 15.9 Å². The first-order valence-electron chi connectivity index (χ1n) is 6.29. The SMILES string of the molecule is CC(=O)N1CCN(c2ccc(S(C)(=O)=O)cc2Br)CC1. The summed E-state index contributed by atoms with van der Waals surface area (Å²) in [5.74, 6) is 0.0936. The quantitative estimate of drug-likeness (QED) is 0.802. The molecule has 7 heteroatoms. The molecule has 1 aliphatic heterocycles. The summed E-state index contributed by atoms with van der Waals surface area (Å²) in [4.78, 5) is 15.6. The minimum absolute atomic E-state index is 0.0936. The summed E-state index contributed by atoms with van der Waals surface area (Å²) in [6.45, 7) is 4.45. The molecule has 0 spiro atoms. The average molecular weight is 361 g/mol. The van der Waals surface area contributed by atoms with Crippen molar-refractivity contribution in [3.8, 4) is 0 Å². The highest BCUT2D eigenvalue weighted by Crippen LogP contribution is 2.29. The monoisotopic (exact) mass is 360 g/mol. The Morgan fingerprint density at radius 3 is 2.25 bits per heavy atom. The van der Waals surface area contributed by atoms with Crippen molar-refractivity contribution in [3.05, 3.63) is 22.7 Å². The van der Waals surface area contributed by atoms with Gasteiger partial charge in [0.2, 0.25) is 5.91 Å². The van der Waals surface area contributed by atoms with E-state index in [-0.39, 0.29) is 5.91 Å². The molecule has 0 unspecified atom stereocenters. The molecule has 1 aliphatic rings. The van der Waals surface area contributed by atoms with Gasteiger partial charge in [0.1, 0.15) is 0 Å². The molecule has 0 radical (unpaired) electrons. The number of piperazine rings is 1. The van der Waals surface area contributed by atoms with Crippen molar-refractivity contribution in [1.29, 1.82) is 0 Å². The smallest absolute Gasteiger partial charge is 0.219 e. The number of nitrogens with zero attached hydrogens (tertiary/aromatic N) is 2. The zero-order chi connectivity index (χ0) is 14.9. The van der Waals surface area contributed by atoms with Crippen molar-refractivity contribution in [3.63, 3.8) is 0 Å². The molecule has 1 heterocycles. The standard InChI is InChI=1S/C13H17BrN2O3S/c1-10(17)15-5-7-16(8-6-15)13-4-3-11(9-12(13)14)20(2,18)19/h3-4,9H,5-8H2,1-2H3. The number of carbonyl (C=O) groups excluding carboxylic acids is 1. The lowest BCUT2D eigenvalue weighted by atomic mass is 10.2.